The van der Waals surface area contributed by atoms with Crippen molar-refractivity contribution in [3.63, 3.8) is 0 Å². The predicted molar refractivity (Wildman–Crippen MR) is 153 cm³/mol. The molecule has 0 aliphatic carbocycles. The van der Waals surface area contributed by atoms with Gasteiger partial charge in [-0.2, -0.15) is 0 Å². The summed E-state index contributed by atoms with van der Waals surface area (Å²) in [5.41, 5.74) is 2.68. The molecule has 0 saturated heterocycles. The molecule has 0 spiro atoms. The molecule has 0 aliphatic rings. The molecule has 0 radical (unpaired) electrons. The number of nitrogens with one attached hydrogen (secondary N) is 1. The summed E-state index contributed by atoms with van der Waals surface area (Å²) in [7, 11) is 0. The molecule has 37 heavy (non-hydrogen) atoms. The molecule has 2 amide bonds. The van der Waals surface area contributed by atoms with E-state index in [1.165, 1.54) is 5.56 Å². The number of amides is 2. The Bertz CT molecular complexity index is 1150. The Labute approximate surface area is 229 Å². The lowest BCUT2D eigenvalue weighted by Gasteiger charge is -2.33. The number of halogens is 1. The highest BCUT2D eigenvalue weighted by Crippen LogP contribution is 2.21. The van der Waals surface area contributed by atoms with Gasteiger partial charge in [-0.15, -0.1) is 0 Å². The molecule has 196 valence electrons. The van der Waals surface area contributed by atoms with E-state index in [0.29, 0.717) is 18.1 Å². The van der Waals surface area contributed by atoms with Gasteiger partial charge in [0.1, 0.15) is 11.8 Å². The maximum Gasteiger partial charge on any atom is 0.261 e. The first-order valence-electron chi connectivity index (χ1n) is 12.6. The summed E-state index contributed by atoms with van der Waals surface area (Å²) in [5, 5.41) is 3.08. The van der Waals surface area contributed by atoms with Crippen molar-refractivity contribution < 1.29 is 14.3 Å². The molecule has 3 aromatic rings. The Kier molecular flexibility index (Phi) is 9.93. The van der Waals surface area contributed by atoms with Crippen LogP contribution in [0.3, 0.4) is 0 Å². The molecule has 6 heteroatoms. The van der Waals surface area contributed by atoms with Gasteiger partial charge < -0.3 is 15.0 Å². The maximum absolute atomic E-state index is 13.7. The first kappa shape index (κ1) is 28.5. The lowest BCUT2D eigenvalue weighted by Crippen LogP contribution is -2.55. The molecule has 0 heterocycles. The zero-order valence-electron chi connectivity index (χ0n) is 22.3. The molecule has 5 nitrogen and oxygen atoms in total. The molecule has 3 aromatic carbocycles. The van der Waals surface area contributed by atoms with Gasteiger partial charge in [0.25, 0.3) is 5.91 Å². The number of rotatable bonds is 10. The van der Waals surface area contributed by atoms with Gasteiger partial charge in [0.15, 0.2) is 6.61 Å². The molecule has 0 bridgehead atoms. The summed E-state index contributed by atoms with van der Waals surface area (Å²) >= 11 is 3.47. The average molecular weight is 566 g/mol. The van der Waals surface area contributed by atoms with Crippen molar-refractivity contribution in [2.24, 2.45) is 0 Å². The van der Waals surface area contributed by atoms with Gasteiger partial charge in [0.05, 0.1) is 0 Å². The van der Waals surface area contributed by atoms with Crippen molar-refractivity contribution in [3.8, 4) is 5.75 Å². The molecule has 0 aliphatic heterocycles. The first-order valence-corrected chi connectivity index (χ1v) is 13.4. The molecular weight excluding hydrogens is 528 g/mol. The molecule has 1 unspecified atom stereocenters. The van der Waals surface area contributed by atoms with E-state index in [2.05, 4.69) is 35.1 Å². The Morgan fingerprint density at radius 2 is 1.51 bits per heavy atom. The van der Waals surface area contributed by atoms with Gasteiger partial charge in [-0.1, -0.05) is 84.4 Å². The van der Waals surface area contributed by atoms with Gasteiger partial charge in [-0.25, -0.2) is 0 Å². The van der Waals surface area contributed by atoms with E-state index in [0.717, 1.165) is 15.6 Å². The van der Waals surface area contributed by atoms with E-state index in [-0.39, 0.29) is 25.0 Å². The molecule has 0 aromatic heterocycles. The molecule has 3 rings (SSSR count). The maximum atomic E-state index is 13.7. The third-order valence-corrected chi connectivity index (χ3v) is 6.47. The number of carbonyl (C=O) groups excluding carboxylic acids is 2. The van der Waals surface area contributed by atoms with Gasteiger partial charge in [-0.3, -0.25) is 9.59 Å². The van der Waals surface area contributed by atoms with Gasteiger partial charge in [0.2, 0.25) is 5.91 Å². The smallest absolute Gasteiger partial charge is 0.261 e. The SMILES string of the molecule is CC(C)c1ccc(OCC(=O)N(Cc2ccc(Br)cc2)C(Cc2ccccc2)C(=O)NC(C)(C)C)cc1. The highest BCUT2D eigenvalue weighted by Gasteiger charge is 2.32. The topological polar surface area (TPSA) is 58.6 Å². The van der Waals surface area contributed by atoms with Crippen LogP contribution in [0.1, 0.15) is 57.2 Å². The number of ether oxygens (including phenoxy) is 1. The Morgan fingerprint density at radius 3 is 2.08 bits per heavy atom. The van der Waals surface area contributed by atoms with Crippen LogP contribution in [0.4, 0.5) is 0 Å². The van der Waals surface area contributed by atoms with Crippen LogP contribution < -0.4 is 10.1 Å². The normalized spacial score (nSPS) is 12.2. The fourth-order valence-electron chi connectivity index (χ4n) is 3.97. The Hall–Kier alpha value is -3.12. The van der Waals surface area contributed by atoms with Crippen molar-refractivity contribution in [3.05, 3.63) is 100 Å². The van der Waals surface area contributed by atoms with Crippen molar-refractivity contribution in [2.75, 3.05) is 6.61 Å². The van der Waals surface area contributed by atoms with Crippen molar-refractivity contribution in [2.45, 2.75) is 65.1 Å². The van der Waals surface area contributed by atoms with Crippen LogP contribution in [0, 0.1) is 0 Å². The van der Waals surface area contributed by atoms with Crippen LogP contribution in [0.2, 0.25) is 0 Å². The largest absolute Gasteiger partial charge is 0.484 e. The number of nitrogens with zero attached hydrogens (tertiary/aromatic N) is 1. The number of hydrogen-bond donors (Lipinski definition) is 1. The second-order valence-corrected chi connectivity index (χ2v) is 11.5. The zero-order valence-corrected chi connectivity index (χ0v) is 23.9. The van der Waals surface area contributed by atoms with Gasteiger partial charge >= 0.3 is 0 Å². The lowest BCUT2D eigenvalue weighted by atomic mass is 10.0. The van der Waals surface area contributed by atoms with E-state index < -0.39 is 11.6 Å². The van der Waals surface area contributed by atoms with Crippen molar-refractivity contribution in [1.29, 1.82) is 0 Å². The zero-order chi connectivity index (χ0) is 27.0. The monoisotopic (exact) mass is 564 g/mol. The predicted octanol–water partition coefficient (Wildman–Crippen LogP) is 6.51. The second kappa shape index (κ2) is 12.9. The van der Waals surface area contributed by atoms with E-state index in [4.69, 9.17) is 4.74 Å². The van der Waals surface area contributed by atoms with Crippen LogP contribution in [-0.2, 0) is 22.6 Å². The van der Waals surface area contributed by atoms with E-state index in [1.54, 1.807) is 4.90 Å². The number of benzene rings is 3. The summed E-state index contributed by atoms with van der Waals surface area (Å²) in [6.07, 6.45) is 0.397. The highest BCUT2D eigenvalue weighted by molar-refractivity contribution is 9.10. The highest BCUT2D eigenvalue weighted by atomic mass is 79.9. The third-order valence-electron chi connectivity index (χ3n) is 5.94. The van der Waals surface area contributed by atoms with Crippen LogP contribution in [0.5, 0.6) is 5.75 Å². The summed E-state index contributed by atoms with van der Waals surface area (Å²) in [6, 6.07) is 24.7. The van der Waals surface area contributed by atoms with Gasteiger partial charge in [-0.05, 0) is 67.6 Å². The van der Waals surface area contributed by atoms with Crippen LogP contribution in [0.15, 0.2) is 83.3 Å². The summed E-state index contributed by atoms with van der Waals surface area (Å²) in [4.78, 5) is 28.9. The molecule has 1 N–H and O–H groups in total. The standard InChI is InChI=1S/C31H37BrN2O3/c1-22(2)25-13-17-27(18-14-25)37-21-29(35)34(20-24-11-15-26(32)16-12-24)28(30(36)33-31(3,4)5)19-23-9-7-6-8-10-23/h6-18,22,28H,19-21H2,1-5H3,(H,33,36). The minimum Gasteiger partial charge on any atom is -0.484 e. The Balaban J connectivity index is 1.89. The van der Waals surface area contributed by atoms with Crippen LogP contribution in [-0.4, -0.2) is 34.9 Å². The molecule has 1 atom stereocenters. The summed E-state index contributed by atoms with van der Waals surface area (Å²) < 4.78 is 6.84. The quantitative estimate of drug-likeness (QED) is 0.305. The first-order chi connectivity index (χ1) is 17.5. The summed E-state index contributed by atoms with van der Waals surface area (Å²) in [5.74, 6) is 0.598. The fraction of sp³-hybridized carbons (Fsp3) is 0.355. The number of hydrogen-bond acceptors (Lipinski definition) is 3. The lowest BCUT2D eigenvalue weighted by molar-refractivity contribution is -0.143. The second-order valence-electron chi connectivity index (χ2n) is 10.6. The fourth-order valence-corrected chi connectivity index (χ4v) is 4.23. The molecule has 0 fully saturated rings. The minimum atomic E-state index is -0.704. The van der Waals surface area contributed by atoms with Crippen molar-refractivity contribution >= 4 is 27.7 Å². The van der Waals surface area contributed by atoms with E-state index in [1.807, 2.05) is 99.6 Å². The molecule has 0 saturated carbocycles. The van der Waals surface area contributed by atoms with Gasteiger partial charge in [0, 0.05) is 23.0 Å². The van der Waals surface area contributed by atoms with Crippen molar-refractivity contribution in [1.82, 2.24) is 10.2 Å². The van der Waals surface area contributed by atoms with E-state index >= 15 is 0 Å². The molecular formula is C31H37BrN2O3. The third kappa shape index (κ3) is 9.04. The van der Waals surface area contributed by atoms with Crippen LogP contribution in [0.25, 0.3) is 0 Å². The van der Waals surface area contributed by atoms with E-state index in [9.17, 15) is 9.59 Å². The van der Waals surface area contributed by atoms with Crippen LogP contribution >= 0.6 is 15.9 Å². The average Bonchev–Trinajstić information content (AvgIpc) is 2.85. The Morgan fingerprint density at radius 1 is 0.892 bits per heavy atom. The summed E-state index contributed by atoms with van der Waals surface area (Å²) in [6.45, 7) is 10.2. The number of carbonyl (C=O) groups is 2. The minimum absolute atomic E-state index is 0.161.